The third kappa shape index (κ3) is 4.54. The molecule has 0 fully saturated rings. The van der Waals surface area contributed by atoms with Gasteiger partial charge < -0.3 is 23.8 Å². The summed E-state index contributed by atoms with van der Waals surface area (Å²) in [6.07, 6.45) is 1.48. The highest BCUT2D eigenvalue weighted by atomic mass is 16.5. The van der Waals surface area contributed by atoms with Gasteiger partial charge in [-0.15, -0.1) is 0 Å². The van der Waals surface area contributed by atoms with Crippen LogP contribution in [-0.4, -0.2) is 30.4 Å². The number of furan rings is 1. The highest BCUT2D eigenvalue weighted by Crippen LogP contribution is 2.23. The lowest BCUT2D eigenvalue weighted by Crippen LogP contribution is -2.37. The molecule has 0 aliphatic carbocycles. The number of nitrogens with one attached hydrogen (secondary N) is 1. The Hall–Kier alpha value is -4.33. The van der Waals surface area contributed by atoms with E-state index in [2.05, 4.69) is 5.32 Å². The van der Waals surface area contributed by atoms with Crippen LogP contribution < -0.4 is 15.5 Å². The molecule has 32 heavy (non-hydrogen) atoms. The molecule has 0 unspecified atom stereocenters. The van der Waals surface area contributed by atoms with E-state index < -0.39 is 11.8 Å². The molecule has 0 saturated carbocycles. The van der Waals surface area contributed by atoms with Gasteiger partial charge >= 0.3 is 0 Å². The zero-order valence-corrected chi connectivity index (χ0v) is 17.2. The first-order valence-electron chi connectivity index (χ1n) is 9.82. The second-order valence-electron chi connectivity index (χ2n) is 6.96. The highest BCUT2D eigenvalue weighted by molar-refractivity contribution is 5.99. The Morgan fingerprint density at radius 2 is 1.81 bits per heavy atom. The fourth-order valence-corrected chi connectivity index (χ4v) is 3.27. The number of anilines is 1. The summed E-state index contributed by atoms with van der Waals surface area (Å²) in [6, 6.07) is 18.1. The fourth-order valence-electron chi connectivity index (χ4n) is 3.27. The molecule has 0 bridgehead atoms. The van der Waals surface area contributed by atoms with Crippen LogP contribution in [0.4, 0.5) is 5.69 Å². The zero-order chi connectivity index (χ0) is 22.5. The van der Waals surface area contributed by atoms with Crippen molar-refractivity contribution in [3.8, 4) is 5.75 Å². The van der Waals surface area contributed by atoms with E-state index in [1.807, 2.05) is 0 Å². The minimum absolute atomic E-state index is 0.0156. The molecule has 0 saturated heterocycles. The predicted molar refractivity (Wildman–Crippen MR) is 118 cm³/mol. The van der Waals surface area contributed by atoms with Gasteiger partial charge in [0.15, 0.2) is 11.2 Å². The summed E-state index contributed by atoms with van der Waals surface area (Å²) < 4.78 is 16.3. The molecule has 8 nitrogen and oxygen atoms in total. The number of hydrogen-bond acceptors (Lipinski definition) is 6. The second kappa shape index (κ2) is 9.22. The van der Waals surface area contributed by atoms with Crippen molar-refractivity contribution in [2.45, 2.75) is 6.54 Å². The predicted octanol–water partition coefficient (Wildman–Crippen LogP) is 3.68. The van der Waals surface area contributed by atoms with Crippen LogP contribution in [-0.2, 0) is 11.3 Å². The largest absolute Gasteiger partial charge is 0.495 e. The number of carbonyl (C=O) groups is 2. The van der Waals surface area contributed by atoms with Gasteiger partial charge in [-0.25, -0.2) is 0 Å². The molecule has 2 aromatic carbocycles. The van der Waals surface area contributed by atoms with Crippen LogP contribution in [0.5, 0.6) is 5.75 Å². The summed E-state index contributed by atoms with van der Waals surface area (Å²) in [7, 11) is 1.50. The van der Waals surface area contributed by atoms with Crippen LogP contribution in [0.3, 0.4) is 0 Å². The number of fused-ring (bicyclic) bond motifs is 1. The number of amides is 2. The van der Waals surface area contributed by atoms with Crippen molar-refractivity contribution in [3.63, 3.8) is 0 Å². The van der Waals surface area contributed by atoms with E-state index in [4.69, 9.17) is 13.6 Å². The van der Waals surface area contributed by atoms with Crippen molar-refractivity contribution in [3.05, 3.63) is 94.7 Å². The van der Waals surface area contributed by atoms with Gasteiger partial charge in [-0.05, 0) is 36.4 Å². The van der Waals surface area contributed by atoms with E-state index in [-0.39, 0.29) is 24.3 Å². The van der Waals surface area contributed by atoms with Crippen molar-refractivity contribution in [1.29, 1.82) is 0 Å². The lowest BCUT2D eigenvalue weighted by atomic mass is 10.2. The number of rotatable bonds is 7. The van der Waals surface area contributed by atoms with Crippen molar-refractivity contribution in [2.75, 3.05) is 19.0 Å². The van der Waals surface area contributed by atoms with Gasteiger partial charge in [-0.3, -0.25) is 14.4 Å². The average Bonchev–Trinajstić information content (AvgIpc) is 3.31. The van der Waals surface area contributed by atoms with Gasteiger partial charge in [0.05, 0.1) is 31.0 Å². The Balaban J connectivity index is 1.61. The molecular weight excluding hydrogens is 412 g/mol. The lowest BCUT2D eigenvalue weighted by Gasteiger charge is -2.21. The molecule has 162 valence electrons. The van der Waals surface area contributed by atoms with Crippen LogP contribution in [0.1, 0.15) is 16.3 Å². The summed E-state index contributed by atoms with van der Waals surface area (Å²) in [4.78, 5) is 39.7. The number of ether oxygens (including phenoxy) is 1. The molecular formula is C24H20N2O6. The number of benzene rings is 2. The van der Waals surface area contributed by atoms with E-state index in [9.17, 15) is 14.4 Å². The third-order valence-electron chi connectivity index (χ3n) is 4.77. The maximum Gasteiger partial charge on any atom is 0.290 e. The average molecular weight is 432 g/mol. The summed E-state index contributed by atoms with van der Waals surface area (Å²) in [5.74, 6) is -0.251. The van der Waals surface area contributed by atoms with E-state index in [1.54, 1.807) is 60.7 Å². The van der Waals surface area contributed by atoms with Crippen molar-refractivity contribution in [2.24, 2.45) is 0 Å². The first-order chi connectivity index (χ1) is 15.5. The highest BCUT2D eigenvalue weighted by Gasteiger charge is 2.24. The Labute approximate surface area is 183 Å². The Bertz CT molecular complexity index is 1310. The zero-order valence-electron chi connectivity index (χ0n) is 17.2. The van der Waals surface area contributed by atoms with Gasteiger partial charge in [-0.1, -0.05) is 24.3 Å². The van der Waals surface area contributed by atoms with Gasteiger partial charge in [0.1, 0.15) is 23.6 Å². The normalized spacial score (nSPS) is 10.7. The molecule has 0 atom stereocenters. The quantitative estimate of drug-likeness (QED) is 0.478. The molecule has 0 radical (unpaired) electrons. The van der Waals surface area contributed by atoms with E-state index in [0.717, 1.165) is 6.07 Å². The summed E-state index contributed by atoms with van der Waals surface area (Å²) in [5, 5.41) is 3.11. The maximum absolute atomic E-state index is 13.2. The summed E-state index contributed by atoms with van der Waals surface area (Å²) >= 11 is 0. The van der Waals surface area contributed by atoms with Crippen LogP contribution >= 0.6 is 0 Å². The van der Waals surface area contributed by atoms with Gasteiger partial charge in [0.2, 0.25) is 5.91 Å². The van der Waals surface area contributed by atoms with Crippen LogP contribution in [0, 0.1) is 0 Å². The summed E-state index contributed by atoms with van der Waals surface area (Å²) in [5.41, 5.74) is 0.425. The number of hydrogen-bond donors (Lipinski definition) is 1. The van der Waals surface area contributed by atoms with Crippen LogP contribution in [0.2, 0.25) is 0 Å². The van der Waals surface area contributed by atoms with Gasteiger partial charge in [-0.2, -0.15) is 0 Å². The monoisotopic (exact) mass is 432 g/mol. The molecule has 2 heterocycles. The molecule has 0 spiro atoms. The molecule has 2 aromatic heterocycles. The van der Waals surface area contributed by atoms with Crippen LogP contribution in [0.15, 0.2) is 86.6 Å². The number of nitrogens with zero attached hydrogens (tertiary/aromatic N) is 1. The Kier molecular flexibility index (Phi) is 6.03. The maximum atomic E-state index is 13.2. The van der Waals surface area contributed by atoms with E-state index in [1.165, 1.54) is 18.3 Å². The van der Waals surface area contributed by atoms with E-state index >= 15 is 0 Å². The first kappa shape index (κ1) is 20.9. The SMILES string of the molecule is COc1ccccc1NC(=O)CN(Cc1ccco1)C(=O)c1cc(=O)c2ccccc2o1. The van der Waals surface area contributed by atoms with Gasteiger partial charge in [0, 0.05) is 6.07 Å². The molecule has 8 heteroatoms. The number of carbonyl (C=O) groups excluding carboxylic acids is 2. The van der Waals surface area contributed by atoms with Gasteiger partial charge in [0.25, 0.3) is 5.91 Å². The minimum Gasteiger partial charge on any atom is -0.495 e. The third-order valence-corrected chi connectivity index (χ3v) is 4.77. The molecule has 4 rings (SSSR count). The fraction of sp³-hybridized carbons (Fsp3) is 0.125. The minimum atomic E-state index is -0.612. The second-order valence-corrected chi connectivity index (χ2v) is 6.96. The van der Waals surface area contributed by atoms with Crippen molar-refractivity contribution >= 4 is 28.5 Å². The molecule has 1 N–H and O–H groups in total. The van der Waals surface area contributed by atoms with Crippen molar-refractivity contribution in [1.82, 2.24) is 4.90 Å². The smallest absolute Gasteiger partial charge is 0.290 e. The number of methoxy groups -OCH3 is 1. The summed E-state index contributed by atoms with van der Waals surface area (Å²) in [6.45, 7) is -0.282. The molecule has 2 amide bonds. The van der Waals surface area contributed by atoms with E-state index in [0.29, 0.717) is 28.2 Å². The lowest BCUT2D eigenvalue weighted by molar-refractivity contribution is -0.117. The topological polar surface area (TPSA) is 102 Å². The standard InChI is InChI=1S/C24H20N2O6/c1-30-21-11-5-3-9-18(21)25-23(28)15-26(14-16-7-6-12-31-16)24(29)22-13-19(27)17-8-2-4-10-20(17)32-22/h2-13H,14-15H2,1H3,(H,25,28). The molecule has 4 aromatic rings. The molecule has 0 aliphatic rings. The number of para-hydroxylation sites is 3. The Morgan fingerprint density at radius 1 is 1.03 bits per heavy atom. The van der Waals surface area contributed by atoms with Crippen LogP contribution in [0.25, 0.3) is 11.0 Å². The molecule has 0 aliphatic heterocycles. The van der Waals surface area contributed by atoms with Crippen molar-refractivity contribution < 1.29 is 23.2 Å². The Morgan fingerprint density at radius 3 is 2.59 bits per heavy atom. The first-order valence-corrected chi connectivity index (χ1v) is 9.82.